The van der Waals surface area contributed by atoms with Gasteiger partial charge in [-0.1, -0.05) is 6.92 Å². The molecule has 2 heterocycles. The molecule has 2 aliphatic rings. The second-order valence-corrected chi connectivity index (χ2v) is 5.22. The van der Waals surface area contributed by atoms with Crippen LogP contribution in [-0.2, 0) is 9.59 Å². The van der Waals surface area contributed by atoms with Gasteiger partial charge in [0, 0.05) is 26.1 Å². The minimum absolute atomic E-state index is 0.0495. The summed E-state index contributed by atoms with van der Waals surface area (Å²) in [4.78, 5) is 24.7. The molecule has 0 aromatic heterocycles. The molecule has 0 radical (unpaired) electrons. The van der Waals surface area contributed by atoms with E-state index in [1.54, 1.807) is 35.3 Å². The fourth-order valence-electron chi connectivity index (χ4n) is 2.89. The van der Waals surface area contributed by atoms with Gasteiger partial charge in [0.2, 0.25) is 5.91 Å². The summed E-state index contributed by atoms with van der Waals surface area (Å²) in [6.45, 7) is 5.29. The zero-order valence-corrected chi connectivity index (χ0v) is 12.1. The van der Waals surface area contributed by atoms with Gasteiger partial charge >= 0.3 is 5.97 Å². The van der Waals surface area contributed by atoms with E-state index in [9.17, 15) is 14.7 Å². The Kier molecular flexibility index (Phi) is 3.65. The molecule has 0 spiro atoms. The van der Waals surface area contributed by atoms with Crippen molar-refractivity contribution in [1.29, 1.82) is 0 Å². The van der Waals surface area contributed by atoms with Crippen molar-refractivity contribution in [2.45, 2.75) is 32.9 Å². The molecule has 2 rings (SSSR count). The smallest absolute Gasteiger partial charge is 0.334 e. The highest BCUT2D eigenvalue weighted by atomic mass is 16.4. The molecule has 1 N–H and O–H groups in total. The number of allylic oxidation sites excluding steroid dienone is 2. The SMILES string of the molecule is CC(=O)N(C)C(C)C1C(C)C(C(=O)O)=C2C=CC=NN21. The Hall–Kier alpha value is -2.11. The van der Waals surface area contributed by atoms with Gasteiger partial charge in [0.25, 0.3) is 0 Å². The number of likely N-dealkylation sites (N-methyl/N-ethyl adjacent to an activating group) is 1. The third-order valence-corrected chi connectivity index (χ3v) is 4.14. The van der Waals surface area contributed by atoms with Crippen molar-refractivity contribution in [1.82, 2.24) is 9.91 Å². The third kappa shape index (κ3) is 2.11. The molecule has 3 atom stereocenters. The van der Waals surface area contributed by atoms with Crippen LogP contribution >= 0.6 is 0 Å². The van der Waals surface area contributed by atoms with E-state index in [1.165, 1.54) is 6.92 Å². The summed E-state index contributed by atoms with van der Waals surface area (Å²) in [5.41, 5.74) is 0.966. The molecular formula is C14H19N3O3. The van der Waals surface area contributed by atoms with E-state index in [0.717, 1.165) is 0 Å². The van der Waals surface area contributed by atoms with Crippen LogP contribution in [0.15, 0.2) is 28.5 Å². The highest BCUT2D eigenvalue weighted by Crippen LogP contribution is 2.38. The fraction of sp³-hybridized carbons (Fsp3) is 0.500. The van der Waals surface area contributed by atoms with Gasteiger partial charge in [-0.3, -0.25) is 9.80 Å². The molecule has 0 aliphatic carbocycles. The molecule has 0 aromatic rings. The van der Waals surface area contributed by atoms with Crippen LogP contribution in [0, 0.1) is 5.92 Å². The van der Waals surface area contributed by atoms with Gasteiger partial charge in [0.1, 0.15) is 0 Å². The summed E-state index contributed by atoms with van der Waals surface area (Å²) in [6.07, 6.45) is 5.12. The lowest BCUT2D eigenvalue weighted by Crippen LogP contribution is -2.49. The van der Waals surface area contributed by atoms with Crippen molar-refractivity contribution in [3.63, 3.8) is 0 Å². The van der Waals surface area contributed by atoms with Gasteiger partial charge in [-0.05, 0) is 19.1 Å². The Balaban J connectivity index is 2.39. The molecule has 0 aromatic carbocycles. The summed E-state index contributed by atoms with van der Waals surface area (Å²) < 4.78 is 0. The first kappa shape index (κ1) is 14.3. The Morgan fingerprint density at radius 3 is 2.70 bits per heavy atom. The lowest BCUT2D eigenvalue weighted by Gasteiger charge is -2.36. The Morgan fingerprint density at radius 1 is 1.50 bits per heavy atom. The summed E-state index contributed by atoms with van der Waals surface area (Å²) >= 11 is 0. The van der Waals surface area contributed by atoms with Crippen LogP contribution < -0.4 is 0 Å². The van der Waals surface area contributed by atoms with Gasteiger partial charge in [-0.25, -0.2) is 4.79 Å². The average molecular weight is 277 g/mol. The largest absolute Gasteiger partial charge is 0.478 e. The van der Waals surface area contributed by atoms with E-state index in [0.29, 0.717) is 11.3 Å². The topological polar surface area (TPSA) is 73.2 Å². The zero-order valence-electron chi connectivity index (χ0n) is 12.1. The molecule has 0 saturated carbocycles. The minimum Gasteiger partial charge on any atom is -0.478 e. The average Bonchev–Trinajstić information content (AvgIpc) is 2.68. The molecule has 0 bridgehead atoms. The van der Waals surface area contributed by atoms with Crippen LogP contribution in [0.4, 0.5) is 0 Å². The minimum atomic E-state index is -0.931. The van der Waals surface area contributed by atoms with Crippen molar-refractivity contribution >= 4 is 18.1 Å². The van der Waals surface area contributed by atoms with Crippen LogP contribution in [0.5, 0.6) is 0 Å². The number of carbonyl (C=O) groups excluding carboxylic acids is 1. The van der Waals surface area contributed by atoms with Crippen LogP contribution in [0.2, 0.25) is 0 Å². The van der Waals surface area contributed by atoms with Gasteiger partial charge in [0.15, 0.2) is 0 Å². The molecule has 20 heavy (non-hydrogen) atoms. The number of hydrazone groups is 1. The van der Waals surface area contributed by atoms with Gasteiger partial charge < -0.3 is 10.0 Å². The summed E-state index contributed by atoms with van der Waals surface area (Å²) in [5, 5.41) is 15.4. The summed E-state index contributed by atoms with van der Waals surface area (Å²) in [6, 6.07) is -0.316. The Labute approximate surface area is 118 Å². The molecule has 0 fully saturated rings. The molecule has 6 heteroatoms. The van der Waals surface area contributed by atoms with Gasteiger partial charge in [-0.15, -0.1) is 0 Å². The van der Waals surface area contributed by atoms with Crippen LogP contribution in [0.3, 0.4) is 0 Å². The normalized spacial score (nSPS) is 25.7. The predicted molar refractivity (Wildman–Crippen MR) is 75.0 cm³/mol. The van der Waals surface area contributed by atoms with E-state index in [1.807, 2.05) is 13.8 Å². The van der Waals surface area contributed by atoms with E-state index in [-0.39, 0.29) is 23.9 Å². The van der Waals surface area contributed by atoms with Crippen molar-refractivity contribution in [2.75, 3.05) is 7.05 Å². The third-order valence-electron chi connectivity index (χ3n) is 4.14. The first-order chi connectivity index (χ1) is 9.36. The molecule has 108 valence electrons. The number of amides is 1. The van der Waals surface area contributed by atoms with Crippen molar-refractivity contribution in [3.8, 4) is 0 Å². The van der Waals surface area contributed by atoms with E-state index in [4.69, 9.17) is 0 Å². The van der Waals surface area contributed by atoms with Gasteiger partial charge in [-0.2, -0.15) is 5.10 Å². The number of carboxylic acid groups (broad SMARTS) is 1. The highest BCUT2D eigenvalue weighted by Gasteiger charge is 2.45. The molecule has 0 saturated heterocycles. The van der Waals surface area contributed by atoms with Crippen LogP contribution in [0.1, 0.15) is 20.8 Å². The zero-order chi connectivity index (χ0) is 15.0. The maximum atomic E-state index is 11.5. The molecular weight excluding hydrogens is 258 g/mol. The lowest BCUT2D eigenvalue weighted by atomic mass is 9.91. The fourth-order valence-corrected chi connectivity index (χ4v) is 2.89. The maximum absolute atomic E-state index is 11.5. The Bertz CT molecular complexity index is 536. The number of rotatable bonds is 3. The molecule has 6 nitrogen and oxygen atoms in total. The monoisotopic (exact) mass is 277 g/mol. The summed E-state index contributed by atoms with van der Waals surface area (Å²) in [7, 11) is 1.72. The number of nitrogens with zero attached hydrogens (tertiary/aromatic N) is 3. The maximum Gasteiger partial charge on any atom is 0.334 e. The van der Waals surface area contributed by atoms with Crippen LogP contribution in [0.25, 0.3) is 0 Å². The highest BCUT2D eigenvalue weighted by molar-refractivity contribution is 5.90. The van der Waals surface area contributed by atoms with E-state index < -0.39 is 5.97 Å². The predicted octanol–water partition coefficient (Wildman–Crippen LogP) is 1.07. The van der Waals surface area contributed by atoms with Crippen molar-refractivity contribution < 1.29 is 14.7 Å². The number of carbonyl (C=O) groups is 2. The van der Waals surface area contributed by atoms with E-state index >= 15 is 0 Å². The first-order valence-electron chi connectivity index (χ1n) is 6.57. The molecule has 3 unspecified atom stereocenters. The van der Waals surface area contributed by atoms with E-state index in [2.05, 4.69) is 5.10 Å². The van der Waals surface area contributed by atoms with Crippen molar-refractivity contribution in [2.24, 2.45) is 11.0 Å². The Morgan fingerprint density at radius 2 is 2.15 bits per heavy atom. The molecule has 1 amide bonds. The molecule has 2 aliphatic heterocycles. The second-order valence-electron chi connectivity index (χ2n) is 5.22. The quantitative estimate of drug-likeness (QED) is 0.837. The number of aliphatic carboxylic acids is 1. The number of fused-ring (bicyclic) bond motifs is 1. The number of carboxylic acids is 1. The number of hydrogen-bond donors (Lipinski definition) is 1. The standard InChI is InChI=1S/C14H19N3O3/c1-8-12(14(19)20)11-6-5-7-15-17(11)13(8)9(2)16(4)10(3)18/h5-9,13H,1-4H3,(H,19,20). The second kappa shape index (κ2) is 5.11. The lowest BCUT2D eigenvalue weighted by molar-refractivity contribution is -0.133. The first-order valence-corrected chi connectivity index (χ1v) is 6.57. The van der Waals surface area contributed by atoms with Crippen LogP contribution in [-0.4, -0.2) is 52.2 Å². The number of hydrogen-bond acceptors (Lipinski definition) is 4. The van der Waals surface area contributed by atoms with Gasteiger partial charge in [0.05, 0.1) is 23.4 Å². The van der Waals surface area contributed by atoms with Crippen molar-refractivity contribution in [3.05, 3.63) is 23.4 Å². The summed E-state index contributed by atoms with van der Waals surface area (Å²) in [5.74, 6) is -1.19.